The second-order valence-electron chi connectivity index (χ2n) is 9.09. The van der Waals surface area contributed by atoms with Crippen LogP contribution in [-0.2, 0) is 45.8 Å². The van der Waals surface area contributed by atoms with Crippen molar-refractivity contribution in [3.63, 3.8) is 0 Å². The minimum atomic E-state index is -0.515. The Bertz CT molecular complexity index is 913. The predicted molar refractivity (Wildman–Crippen MR) is 150 cm³/mol. The molecule has 0 saturated carbocycles. The third kappa shape index (κ3) is 18.3. The van der Waals surface area contributed by atoms with Crippen LogP contribution < -0.4 is 0 Å². The van der Waals surface area contributed by atoms with E-state index in [9.17, 15) is 9.59 Å². The minimum Gasteiger partial charge on any atom is -0.545 e. The molecule has 0 aromatic carbocycles. The zero-order chi connectivity index (χ0) is 30.9. The van der Waals surface area contributed by atoms with Crippen LogP contribution in [0.15, 0.2) is 42.7 Å². The first kappa shape index (κ1) is 40.9. The number of aromatic nitrogens is 2. The van der Waals surface area contributed by atoms with Crippen molar-refractivity contribution < 1.29 is 50.6 Å². The van der Waals surface area contributed by atoms with Crippen molar-refractivity contribution in [2.24, 2.45) is 17.3 Å². The molecule has 0 spiro atoms. The summed E-state index contributed by atoms with van der Waals surface area (Å²) in [7, 11) is 0. The number of hydrogen-bond donors (Lipinski definition) is 0. The molecule has 2 aromatic rings. The maximum Gasteiger partial charge on any atom is -0.282 e. The summed E-state index contributed by atoms with van der Waals surface area (Å²) in [4.78, 5) is 56.5. The van der Waals surface area contributed by atoms with Crippen LogP contribution in [0.25, 0.3) is 11.4 Å². The number of carbonyl (C=O) groups is 2. The smallest absolute Gasteiger partial charge is 0.282 e. The van der Waals surface area contributed by atoms with Crippen molar-refractivity contribution in [2.75, 3.05) is 13.2 Å². The number of rotatable bonds is 11. The van der Waals surface area contributed by atoms with E-state index in [1.165, 1.54) is 17.2 Å². The molecule has 1 unspecified atom stereocenters. The largest absolute Gasteiger partial charge is 0.545 e. The topological polar surface area (TPSA) is 130 Å². The Morgan fingerprint density at radius 3 is 2.03 bits per heavy atom. The fourth-order valence-corrected chi connectivity index (χ4v) is 2.94. The predicted octanol–water partition coefficient (Wildman–Crippen LogP) is 5.35. The maximum absolute atomic E-state index is 12.4. The van der Waals surface area contributed by atoms with Gasteiger partial charge in [0.1, 0.15) is 0 Å². The number of esters is 2. The molecule has 39 heavy (non-hydrogen) atoms. The summed E-state index contributed by atoms with van der Waals surface area (Å²) >= 11 is 4.53. The fourth-order valence-electron chi connectivity index (χ4n) is 2.94. The van der Waals surface area contributed by atoms with Crippen molar-refractivity contribution >= 4 is 45.7 Å². The van der Waals surface area contributed by atoms with Gasteiger partial charge in [-0.25, -0.2) is 4.79 Å². The van der Waals surface area contributed by atoms with Gasteiger partial charge in [0.25, 0.3) is 0 Å². The molecule has 0 saturated heterocycles. The van der Waals surface area contributed by atoms with Gasteiger partial charge in [-0.15, -0.1) is 0 Å². The third-order valence-corrected chi connectivity index (χ3v) is 5.13. The molecule has 1 atom stereocenters. The molecular weight excluding hydrogens is 742 g/mol. The first-order valence-corrected chi connectivity index (χ1v) is 17.7. The number of hydrogen-bond acceptors (Lipinski definition) is 9. The summed E-state index contributed by atoms with van der Waals surface area (Å²) in [6.45, 7) is 20.5. The van der Waals surface area contributed by atoms with E-state index in [-0.39, 0.29) is 11.9 Å². The van der Waals surface area contributed by atoms with E-state index in [1.807, 2.05) is 45.9 Å². The minimum absolute atomic E-state index is 0.152. The summed E-state index contributed by atoms with van der Waals surface area (Å²) in [5, 5.41) is 0. The summed E-state index contributed by atoms with van der Waals surface area (Å²) < 4.78 is 10.8. The van der Waals surface area contributed by atoms with Crippen molar-refractivity contribution in [1.29, 1.82) is 0 Å². The van der Waals surface area contributed by atoms with Crippen LogP contribution in [0.4, 0.5) is 0 Å². The Balaban J connectivity index is -0.00000148. The molecule has 9 nitrogen and oxygen atoms in total. The Labute approximate surface area is 249 Å². The zero-order valence-electron chi connectivity index (χ0n) is 23.0. The molecule has 218 valence electrons. The Kier molecular flexibility index (Phi) is 26.9. The monoisotopic (exact) mass is 779 g/mol. The molecule has 2 heterocycles. The number of nitrogens with zero attached hydrogens (tertiary/aromatic N) is 2. The molecule has 0 aliphatic rings. The number of halogens is 1. The standard InChI is InChI=1S/C25H34N2O4.3CHO.BrH.Re/c1-18(2)17-31-24(29)25(4,5)12-9-19(3)11-15-30-23(28)20-10-14-27-22(16-20)21-8-6-7-13-26-21;3*1-2;;/h6-8,10,13-14,16,18-19H,9,11-12,15,17H2,1-5H3;3*1H;1H;/q;3*-1;;+1/p-1. The quantitative estimate of drug-likeness (QED) is 0.168. The average Bonchev–Trinajstić information content (AvgIpc) is 2.99. The zero-order valence-corrected chi connectivity index (χ0v) is 27.3. The fraction of sp³-hybridized carbons (Fsp3) is 0.464. The molecule has 2 rings (SSSR count). The van der Waals surface area contributed by atoms with Gasteiger partial charge in [0.05, 0.1) is 35.6 Å². The van der Waals surface area contributed by atoms with Gasteiger partial charge in [0.15, 0.2) is 0 Å². The van der Waals surface area contributed by atoms with Crippen LogP contribution in [0, 0.1) is 17.3 Å². The van der Waals surface area contributed by atoms with Crippen molar-refractivity contribution in [2.45, 2.75) is 53.9 Å². The summed E-state index contributed by atoms with van der Waals surface area (Å²) in [5.74, 6) is 0.130. The van der Waals surface area contributed by atoms with Crippen molar-refractivity contribution in [1.82, 2.24) is 9.97 Å². The van der Waals surface area contributed by atoms with Crippen LogP contribution in [-0.4, -0.2) is 55.5 Å². The van der Waals surface area contributed by atoms with E-state index in [2.05, 4.69) is 50.7 Å². The van der Waals surface area contributed by atoms with E-state index in [4.69, 9.17) is 23.9 Å². The van der Waals surface area contributed by atoms with Gasteiger partial charge in [-0.1, -0.05) is 26.8 Å². The van der Waals surface area contributed by atoms with Crippen LogP contribution in [0.5, 0.6) is 0 Å². The number of ether oxygens (including phenoxy) is 2. The molecule has 0 radical (unpaired) electrons. The van der Waals surface area contributed by atoms with Gasteiger partial charge in [-0.3, -0.25) is 35.1 Å². The van der Waals surface area contributed by atoms with Crippen molar-refractivity contribution in [3.8, 4) is 11.4 Å². The van der Waals surface area contributed by atoms with E-state index in [0.717, 1.165) is 19.3 Å². The SMILES string of the molecule is CC(C)COC(=O)C(C)(C)CCC(C)CCOC(=O)c1ccnc(-c2ccccn2)c1.[Br][Re].[CH-]=O.[CH-]=O.[CH-]=O. The van der Waals surface area contributed by atoms with Gasteiger partial charge in [0.2, 0.25) is 0 Å². The molecule has 0 aliphatic heterocycles. The second-order valence-corrected chi connectivity index (χ2v) is 9.09. The van der Waals surface area contributed by atoms with E-state index in [0.29, 0.717) is 42.0 Å². The summed E-state index contributed by atoms with van der Waals surface area (Å²) in [6, 6.07) is 8.89. The molecule has 0 bridgehead atoms. The molecule has 0 fully saturated rings. The molecular formula is C28H37BrN2O7Re-3. The summed E-state index contributed by atoms with van der Waals surface area (Å²) in [5.41, 5.74) is 1.28. The maximum atomic E-state index is 12.4. The van der Waals surface area contributed by atoms with Gasteiger partial charge >= 0.3 is 42.6 Å². The first-order valence-electron chi connectivity index (χ1n) is 11.8. The molecule has 0 amide bonds. The van der Waals surface area contributed by atoms with Gasteiger partial charge in [-0.05, 0) is 69.2 Å². The molecule has 0 N–H and O–H groups in total. The van der Waals surface area contributed by atoms with Gasteiger partial charge in [0, 0.05) is 12.4 Å². The molecule has 11 heteroatoms. The van der Waals surface area contributed by atoms with Crippen LogP contribution in [0.1, 0.15) is 64.2 Å². The van der Waals surface area contributed by atoms with E-state index < -0.39 is 5.41 Å². The Morgan fingerprint density at radius 1 is 0.897 bits per heavy atom. The van der Waals surface area contributed by atoms with Crippen molar-refractivity contribution in [3.05, 3.63) is 48.3 Å². The normalized spacial score (nSPS) is 10.4. The van der Waals surface area contributed by atoms with E-state index in [1.54, 1.807) is 24.5 Å². The van der Waals surface area contributed by atoms with Crippen LogP contribution in [0.3, 0.4) is 0 Å². The Morgan fingerprint density at radius 2 is 1.49 bits per heavy atom. The third-order valence-electron chi connectivity index (χ3n) is 5.13. The van der Waals surface area contributed by atoms with Gasteiger partial charge in [-0.2, -0.15) is 0 Å². The van der Waals surface area contributed by atoms with E-state index >= 15 is 0 Å². The average molecular weight is 780 g/mol. The molecule has 0 aliphatic carbocycles. The Hall–Kier alpha value is -2.61. The number of carbonyl (C=O) groups excluding carboxylic acids is 5. The summed E-state index contributed by atoms with van der Waals surface area (Å²) in [6.07, 6.45) is 5.61. The first-order chi connectivity index (χ1) is 18.7. The number of pyridine rings is 2. The van der Waals surface area contributed by atoms with Crippen LogP contribution >= 0.6 is 13.4 Å². The second kappa shape index (κ2) is 25.7. The van der Waals surface area contributed by atoms with Crippen LogP contribution in [0.2, 0.25) is 0 Å². The van der Waals surface area contributed by atoms with Gasteiger partial charge < -0.3 is 23.9 Å². The molecule has 2 aromatic heterocycles.